The molecule has 1 aromatic heterocycles. The Kier molecular flexibility index (Phi) is 7.52. The first-order chi connectivity index (χ1) is 15.2. The molecule has 2 aliphatic rings. The van der Waals surface area contributed by atoms with E-state index < -0.39 is 0 Å². The van der Waals surface area contributed by atoms with Crippen LogP contribution in [0.5, 0.6) is 5.88 Å². The van der Waals surface area contributed by atoms with Gasteiger partial charge in [0.05, 0.1) is 12.3 Å². The van der Waals surface area contributed by atoms with Gasteiger partial charge in [0.2, 0.25) is 11.8 Å². The van der Waals surface area contributed by atoms with Gasteiger partial charge in [0.1, 0.15) is 0 Å². The lowest BCUT2D eigenvalue weighted by atomic mass is 9.99. The number of aryl methyl sites for hydroxylation is 1. The minimum absolute atomic E-state index is 0.00208. The van der Waals surface area contributed by atoms with E-state index in [1.165, 1.54) is 12.8 Å². The minimum atomic E-state index is -0.00208. The summed E-state index contributed by atoms with van der Waals surface area (Å²) in [5.41, 5.74) is 3.12. The van der Waals surface area contributed by atoms with Gasteiger partial charge in [-0.3, -0.25) is 4.79 Å². The van der Waals surface area contributed by atoms with Crippen LogP contribution in [-0.4, -0.2) is 42.2 Å². The number of nitrogens with one attached hydrogen (secondary N) is 1. The number of hydrogen-bond acceptors (Lipinski definition) is 5. The molecule has 1 N–H and O–H groups in total. The first-order valence-corrected chi connectivity index (χ1v) is 11.7. The van der Waals surface area contributed by atoms with Crippen molar-refractivity contribution >= 4 is 5.91 Å². The Balaban J connectivity index is 1.46. The van der Waals surface area contributed by atoms with E-state index in [0.717, 1.165) is 55.5 Å². The smallest absolute Gasteiger partial charge is 0.223 e. The summed E-state index contributed by atoms with van der Waals surface area (Å²) in [5.74, 6) is 2.23. The maximum atomic E-state index is 12.7. The zero-order chi connectivity index (χ0) is 21.5. The number of hydrogen-bond donors (Lipinski definition) is 1. The Morgan fingerprint density at radius 2 is 1.90 bits per heavy atom. The molecule has 2 aromatic rings. The molecule has 0 aliphatic heterocycles. The maximum Gasteiger partial charge on any atom is 0.223 e. The third kappa shape index (κ3) is 6.03. The minimum Gasteiger partial charge on any atom is -0.477 e. The number of ether oxygens (including phenoxy) is 2. The largest absolute Gasteiger partial charge is 0.477 e. The van der Waals surface area contributed by atoms with Crippen LogP contribution in [0.4, 0.5) is 0 Å². The van der Waals surface area contributed by atoms with Crippen molar-refractivity contribution in [2.75, 3.05) is 26.4 Å². The van der Waals surface area contributed by atoms with Crippen LogP contribution >= 0.6 is 0 Å². The highest BCUT2D eigenvalue weighted by atomic mass is 16.5. The van der Waals surface area contributed by atoms with Gasteiger partial charge in [-0.2, -0.15) is 4.98 Å². The van der Waals surface area contributed by atoms with Gasteiger partial charge in [0, 0.05) is 36.8 Å². The summed E-state index contributed by atoms with van der Waals surface area (Å²) < 4.78 is 11.5. The van der Waals surface area contributed by atoms with Crippen LogP contribution in [-0.2, 0) is 22.4 Å². The molecule has 0 spiro atoms. The normalized spacial score (nSPS) is 18.2. The predicted octanol–water partition coefficient (Wildman–Crippen LogP) is 3.97. The Hall–Kier alpha value is -2.47. The van der Waals surface area contributed by atoms with Crippen molar-refractivity contribution in [3.05, 3.63) is 41.6 Å². The Morgan fingerprint density at radius 3 is 2.68 bits per heavy atom. The predicted molar refractivity (Wildman–Crippen MR) is 120 cm³/mol. The molecule has 1 atom stereocenters. The lowest BCUT2D eigenvalue weighted by molar-refractivity contribution is -0.125. The summed E-state index contributed by atoms with van der Waals surface area (Å²) >= 11 is 0. The Morgan fingerprint density at radius 1 is 1.10 bits per heavy atom. The molecule has 1 saturated carbocycles. The molecule has 1 unspecified atom stereocenters. The van der Waals surface area contributed by atoms with E-state index in [-0.39, 0.29) is 11.8 Å². The van der Waals surface area contributed by atoms with Crippen molar-refractivity contribution in [1.82, 2.24) is 15.3 Å². The molecule has 166 valence electrons. The molecule has 1 amide bonds. The van der Waals surface area contributed by atoms with Crippen molar-refractivity contribution in [2.45, 2.75) is 51.9 Å². The number of rotatable bonds is 10. The number of nitrogens with zero attached hydrogens (tertiary/aromatic N) is 2. The Bertz CT molecular complexity index is 868. The zero-order valence-corrected chi connectivity index (χ0v) is 18.4. The van der Waals surface area contributed by atoms with E-state index in [0.29, 0.717) is 37.4 Å². The summed E-state index contributed by atoms with van der Waals surface area (Å²) in [6.45, 7) is 4.77. The molecular formula is C25H33N3O3. The molecule has 6 nitrogen and oxygen atoms in total. The second-order valence-corrected chi connectivity index (χ2v) is 8.51. The molecule has 31 heavy (non-hydrogen) atoms. The van der Waals surface area contributed by atoms with Gasteiger partial charge in [-0.15, -0.1) is 0 Å². The van der Waals surface area contributed by atoms with Crippen LogP contribution < -0.4 is 10.1 Å². The molecule has 0 bridgehead atoms. The molecule has 4 rings (SSSR count). The van der Waals surface area contributed by atoms with Crippen molar-refractivity contribution < 1.29 is 14.3 Å². The van der Waals surface area contributed by atoms with Gasteiger partial charge >= 0.3 is 0 Å². The summed E-state index contributed by atoms with van der Waals surface area (Å²) in [7, 11) is 0. The van der Waals surface area contributed by atoms with Crippen LogP contribution in [0.25, 0.3) is 11.4 Å². The first kappa shape index (κ1) is 21.8. The molecule has 0 radical (unpaired) electrons. The van der Waals surface area contributed by atoms with Gasteiger partial charge in [0.15, 0.2) is 5.82 Å². The monoisotopic (exact) mass is 423 g/mol. The van der Waals surface area contributed by atoms with E-state index in [4.69, 9.17) is 19.4 Å². The van der Waals surface area contributed by atoms with Crippen molar-refractivity contribution in [3.63, 3.8) is 0 Å². The fraction of sp³-hybridized carbons (Fsp3) is 0.560. The number of amides is 1. The van der Waals surface area contributed by atoms with E-state index in [1.807, 2.05) is 37.3 Å². The van der Waals surface area contributed by atoms with Crippen LogP contribution in [0, 0.1) is 11.8 Å². The third-order valence-electron chi connectivity index (χ3n) is 6.05. The highest BCUT2D eigenvalue weighted by molar-refractivity contribution is 5.78. The van der Waals surface area contributed by atoms with Crippen LogP contribution in [0.1, 0.15) is 50.3 Å². The van der Waals surface area contributed by atoms with Gasteiger partial charge in [0.25, 0.3) is 0 Å². The second kappa shape index (κ2) is 10.7. The summed E-state index contributed by atoms with van der Waals surface area (Å²) in [6, 6.07) is 10.1. The van der Waals surface area contributed by atoms with Gasteiger partial charge in [-0.05, 0) is 57.8 Å². The molecule has 6 heteroatoms. The topological polar surface area (TPSA) is 73.3 Å². The maximum absolute atomic E-state index is 12.7. The quantitative estimate of drug-likeness (QED) is 0.462. The fourth-order valence-electron chi connectivity index (χ4n) is 3.99. The van der Waals surface area contributed by atoms with Crippen LogP contribution in [0.2, 0.25) is 0 Å². The van der Waals surface area contributed by atoms with Crippen LogP contribution in [0.15, 0.2) is 30.3 Å². The van der Waals surface area contributed by atoms with Crippen molar-refractivity contribution in [3.8, 4) is 17.3 Å². The van der Waals surface area contributed by atoms with Gasteiger partial charge in [-0.25, -0.2) is 4.98 Å². The lowest BCUT2D eigenvalue weighted by Crippen LogP contribution is -2.32. The summed E-state index contributed by atoms with van der Waals surface area (Å²) in [4.78, 5) is 22.4. The molecular weight excluding hydrogens is 390 g/mol. The molecule has 1 heterocycles. The van der Waals surface area contributed by atoms with Crippen LogP contribution in [0.3, 0.4) is 0 Å². The highest BCUT2D eigenvalue weighted by Gasteiger charge is 2.28. The molecule has 1 aromatic carbocycles. The average molecular weight is 424 g/mol. The SMILES string of the molecule is CCOCCCNC(=O)C1CCc2nc(-c3ccccc3)nc(OCC3CC3)c2CC1. The number of fused-ring (bicyclic) bond motifs is 1. The van der Waals surface area contributed by atoms with Gasteiger partial charge < -0.3 is 14.8 Å². The molecule has 1 fully saturated rings. The van der Waals surface area contributed by atoms with Crippen molar-refractivity contribution in [2.24, 2.45) is 11.8 Å². The molecule has 2 aliphatic carbocycles. The number of carbonyl (C=O) groups excluding carboxylic acids is 1. The summed E-state index contributed by atoms with van der Waals surface area (Å²) in [6.07, 6.45) is 6.48. The third-order valence-corrected chi connectivity index (χ3v) is 6.05. The fourth-order valence-corrected chi connectivity index (χ4v) is 3.99. The van der Waals surface area contributed by atoms with E-state index >= 15 is 0 Å². The standard InChI is InChI=1S/C25H33N3O3/c1-2-30-16-6-15-26-24(29)20-11-13-21-22(14-12-20)27-23(19-7-4-3-5-8-19)28-25(21)31-17-18-9-10-18/h3-5,7-8,18,20H,2,6,9-17H2,1H3,(H,26,29). The van der Waals surface area contributed by atoms with E-state index in [9.17, 15) is 4.79 Å². The lowest BCUT2D eigenvalue weighted by Gasteiger charge is -2.14. The number of aromatic nitrogens is 2. The molecule has 0 saturated heterocycles. The number of carbonyl (C=O) groups is 1. The van der Waals surface area contributed by atoms with E-state index in [1.54, 1.807) is 0 Å². The number of benzene rings is 1. The zero-order valence-electron chi connectivity index (χ0n) is 18.4. The van der Waals surface area contributed by atoms with E-state index in [2.05, 4.69) is 5.32 Å². The highest BCUT2D eigenvalue weighted by Crippen LogP contribution is 2.34. The van der Waals surface area contributed by atoms with Gasteiger partial charge in [-0.1, -0.05) is 30.3 Å². The Labute approximate surface area is 184 Å². The summed E-state index contributed by atoms with van der Waals surface area (Å²) in [5, 5.41) is 3.08. The average Bonchev–Trinajstić information content (AvgIpc) is 3.64. The van der Waals surface area contributed by atoms with Crippen molar-refractivity contribution in [1.29, 1.82) is 0 Å². The second-order valence-electron chi connectivity index (χ2n) is 8.51. The first-order valence-electron chi connectivity index (χ1n) is 11.7.